The molecule has 6 nitrogen and oxygen atoms in total. The molecule has 146 valence electrons. The number of anilines is 1. The lowest BCUT2D eigenvalue weighted by molar-refractivity contribution is 0.354. The van der Waals surface area contributed by atoms with E-state index in [2.05, 4.69) is 46.6 Å². The van der Waals surface area contributed by atoms with Crippen LogP contribution in [0.25, 0.3) is 0 Å². The second kappa shape index (κ2) is 11.0. The first-order valence-corrected chi connectivity index (χ1v) is 9.17. The number of methoxy groups -OCH3 is 2. The van der Waals surface area contributed by atoms with E-state index in [0.717, 1.165) is 36.9 Å². The van der Waals surface area contributed by atoms with Gasteiger partial charge in [-0.25, -0.2) is 4.99 Å². The summed E-state index contributed by atoms with van der Waals surface area (Å²) >= 11 is 0. The molecule has 0 unspecified atom stereocenters. The van der Waals surface area contributed by atoms with Crippen molar-refractivity contribution >= 4 is 11.6 Å². The summed E-state index contributed by atoms with van der Waals surface area (Å²) in [6, 6.07) is 16.2. The lowest BCUT2D eigenvalue weighted by Crippen LogP contribution is -2.41. The van der Waals surface area contributed by atoms with Gasteiger partial charge in [-0.1, -0.05) is 24.3 Å². The van der Waals surface area contributed by atoms with E-state index in [4.69, 9.17) is 9.47 Å². The van der Waals surface area contributed by atoms with Crippen LogP contribution in [0.15, 0.2) is 53.5 Å². The predicted molar refractivity (Wildman–Crippen MR) is 112 cm³/mol. The van der Waals surface area contributed by atoms with Crippen molar-refractivity contribution < 1.29 is 9.47 Å². The molecule has 0 aliphatic heterocycles. The minimum Gasteiger partial charge on any atom is -0.493 e. The van der Waals surface area contributed by atoms with Crippen molar-refractivity contribution in [2.45, 2.75) is 13.5 Å². The van der Waals surface area contributed by atoms with Crippen LogP contribution in [0.2, 0.25) is 0 Å². The maximum atomic E-state index is 5.35. The van der Waals surface area contributed by atoms with Crippen LogP contribution in [0.1, 0.15) is 12.5 Å². The first kappa shape index (κ1) is 20.4. The normalized spacial score (nSPS) is 11.0. The zero-order valence-electron chi connectivity index (χ0n) is 16.7. The summed E-state index contributed by atoms with van der Waals surface area (Å²) in [5, 5.41) is 6.67. The lowest BCUT2D eigenvalue weighted by Gasteiger charge is -2.20. The largest absolute Gasteiger partial charge is 0.493 e. The van der Waals surface area contributed by atoms with E-state index in [1.54, 1.807) is 14.2 Å². The van der Waals surface area contributed by atoms with Gasteiger partial charge in [0.1, 0.15) is 0 Å². The number of rotatable bonds is 9. The standard InChI is InChI=1S/C21H30N4O2/c1-5-22-21(23-13-14-25(2)18-9-7-6-8-10-18)24-16-17-11-12-19(26-3)20(15-17)27-4/h6-12,15H,5,13-14,16H2,1-4H3,(H2,22,23,24). The minimum atomic E-state index is 0.560. The summed E-state index contributed by atoms with van der Waals surface area (Å²) < 4.78 is 10.6. The second-order valence-corrected chi connectivity index (χ2v) is 6.07. The molecule has 0 amide bonds. The van der Waals surface area contributed by atoms with Gasteiger partial charge < -0.3 is 25.0 Å². The number of benzene rings is 2. The van der Waals surface area contributed by atoms with E-state index in [1.807, 2.05) is 36.4 Å². The van der Waals surface area contributed by atoms with Crippen molar-refractivity contribution in [3.8, 4) is 11.5 Å². The van der Waals surface area contributed by atoms with Crippen molar-refractivity contribution in [1.29, 1.82) is 0 Å². The molecular formula is C21H30N4O2. The average molecular weight is 370 g/mol. The molecule has 0 heterocycles. The molecule has 6 heteroatoms. The van der Waals surface area contributed by atoms with Gasteiger partial charge in [0, 0.05) is 32.4 Å². The van der Waals surface area contributed by atoms with Gasteiger partial charge in [-0.2, -0.15) is 0 Å². The highest BCUT2D eigenvalue weighted by atomic mass is 16.5. The predicted octanol–water partition coefficient (Wildman–Crippen LogP) is 2.90. The number of hydrogen-bond donors (Lipinski definition) is 2. The van der Waals surface area contributed by atoms with Gasteiger partial charge >= 0.3 is 0 Å². The molecule has 0 aromatic heterocycles. The van der Waals surface area contributed by atoms with Crippen LogP contribution >= 0.6 is 0 Å². The van der Waals surface area contributed by atoms with Crippen LogP contribution < -0.4 is 25.0 Å². The molecule has 0 bridgehead atoms. The quantitative estimate of drug-likeness (QED) is 0.525. The van der Waals surface area contributed by atoms with Crippen molar-refractivity contribution in [2.75, 3.05) is 45.8 Å². The maximum absolute atomic E-state index is 5.35. The fourth-order valence-corrected chi connectivity index (χ4v) is 2.64. The zero-order valence-corrected chi connectivity index (χ0v) is 16.7. The first-order valence-electron chi connectivity index (χ1n) is 9.17. The molecule has 27 heavy (non-hydrogen) atoms. The van der Waals surface area contributed by atoms with E-state index >= 15 is 0 Å². The Morgan fingerprint density at radius 1 is 1.00 bits per heavy atom. The van der Waals surface area contributed by atoms with Crippen LogP contribution in [0.5, 0.6) is 11.5 Å². The van der Waals surface area contributed by atoms with Crippen LogP contribution in [0.4, 0.5) is 5.69 Å². The SMILES string of the molecule is CCNC(=NCc1ccc(OC)c(OC)c1)NCCN(C)c1ccccc1. The third-order valence-corrected chi connectivity index (χ3v) is 4.15. The molecule has 0 aliphatic rings. The summed E-state index contributed by atoms with van der Waals surface area (Å²) in [6.45, 7) is 5.11. The highest BCUT2D eigenvalue weighted by molar-refractivity contribution is 5.79. The van der Waals surface area contributed by atoms with E-state index in [9.17, 15) is 0 Å². The van der Waals surface area contributed by atoms with E-state index in [0.29, 0.717) is 12.3 Å². The molecule has 0 saturated heterocycles. The molecule has 2 aromatic rings. The van der Waals surface area contributed by atoms with Gasteiger partial charge in [0.05, 0.1) is 20.8 Å². The van der Waals surface area contributed by atoms with Crippen molar-refractivity contribution in [3.05, 3.63) is 54.1 Å². The number of nitrogens with zero attached hydrogens (tertiary/aromatic N) is 2. The second-order valence-electron chi connectivity index (χ2n) is 6.07. The van der Waals surface area contributed by atoms with Crippen LogP contribution in [-0.4, -0.2) is 46.9 Å². The minimum absolute atomic E-state index is 0.560. The summed E-state index contributed by atoms with van der Waals surface area (Å²) in [7, 11) is 5.36. The van der Waals surface area contributed by atoms with Crippen LogP contribution in [-0.2, 0) is 6.54 Å². The highest BCUT2D eigenvalue weighted by Gasteiger charge is 2.05. The maximum Gasteiger partial charge on any atom is 0.191 e. The Balaban J connectivity index is 1.92. The Morgan fingerprint density at radius 2 is 1.74 bits per heavy atom. The monoisotopic (exact) mass is 370 g/mol. The van der Waals surface area contributed by atoms with Crippen molar-refractivity contribution in [2.24, 2.45) is 4.99 Å². The lowest BCUT2D eigenvalue weighted by atomic mass is 10.2. The molecule has 0 aliphatic carbocycles. The number of hydrogen-bond acceptors (Lipinski definition) is 4. The van der Waals surface area contributed by atoms with E-state index < -0.39 is 0 Å². The number of ether oxygens (including phenoxy) is 2. The topological polar surface area (TPSA) is 58.1 Å². The number of likely N-dealkylation sites (N-methyl/N-ethyl adjacent to an activating group) is 1. The van der Waals surface area contributed by atoms with Crippen molar-refractivity contribution in [1.82, 2.24) is 10.6 Å². The molecule has 0 fully saturated rings. The van der Waals surface area contributed by atoms with Gasteiger partial charge in [-0.15, -0.1) is 0 Å². The molecule has 2 N–H and O–H groups in total. The third kappa shape index (κ3) is 6.40. The summed E-state index contributed by atoms with van der Waals surface area (Å²) in [4.78, 5) is 6.88. The van der Waals surface area contributed by atoms with Crippen LogP contribution in [0.3, 0.4) is 0 Å². The molecular weight excluding hydrogens is 340 g/mol. The summed E-state index contributed by atoms with van der Waals surface area (Å²) in [5.74, 6) is 2.24. The first-order chi connectivity index (χ1) is 13.2. The molecule has 0 saturated carbocycles. The zero-order chi connectivity index (χ0) is 19.5. The van der Waals surface area contributed by atoms with Gasteiger partial charge in [0.2, 0.25) is 0 Å². The number of nitrogens with one attached hydrogen (secondary N) is 2. The molecule has 0 spiro atoms. The van der Waals surface area contributed by atoms with Crippen LogP contribution in [0, 0.1) is 0 Å². The average Bonchev–Trinajstić information content (AvgIpc) is 2.72. The van der Waals surface area contributed by atoms with E-state index in [1.165, 1.54) is 5.69 Å². The summed E-state index contributed by atoms with van der Waals surface area (Å²) in [6.07, 6.45) is 0. The van der Waals surface area contributed by atoms with Gasteiger partial charge in [-0.05, 0) is 36.8 Å². The fourth-order valence-electron chi connectivity index (χ4n) is 2.64. The van der Waals surface area contributed by atoms with E-state index in [-0.39, 0.29) is 0 Å². The highest BCUT2D eigenvalue weighted by Crippen LogP contribution is 2.27. The fraction of sp³-hybridized carbons (Fsp3) is 0.381. The number of guanidine groups is 1. The Bertz CT molecular complexity index is 719. The Morgan fingerprint density at radius 3 is 2.41 bits per heavy atom. The van der Waals surface area contributed by atoms with Gasteiger partial charge in [0.15, 0.2) is 17.5 Å². The van der Waals surface area contributed by atoms with Gasteiger partial charge in [-0.3, -0.25) is 0 Å². The molecule has 0 atom stereocenters. The smallest absolute Gasteiger partial charge is 0.191 e. The molecule has 0 radical (unpaired) electrons. The third-order valence-electron chi connectivity index (χ3n) is 4.15. The Hall–Kier alpha value is -2.89. The molecule has 2 aromatic carbocycles. The Kier molecular flexibility index (Phi) is 8.29. The Labute approximate surface area is 162 Å². The van der Waals surface area contributed by atoms with Gasteiger partial charge in [0.25, 0.3) is 0 Å². The van der Waals surface area contributed by atoms with Crippen molar-refractivity contribution in [3.63, 3.8) is 0 Å². The number of aliphatic imine (C=N–C) groups is 1. The molecule has 2 rings (SSSR count). The number of para-hydroxylation sites is 1. The summed E-state index contributed by atoms with van der Waals surface area (Å²) in [5.41, 5.74) is 2.26.